The average Bonchev–Trinajstić information content (AvgIpc) is 0.811. The molecule has 0 bridgehead atoms. The Hall–Kier alpha value is 1.50. The molecule has 0 fully saturated rings. The van der Waals surface area contributed by atoms with Crippen molar-refractivity contribution < 1.29 is 15.1 Å². The summed E-state index contributed by atoms with van der Waals surface area (Å²) in [5, 5.41) is 0. The Morgan fingerprint density at radius 2 is 1.60 bits per heavy atom. The SMILES string of the molecule is O=[Se](O)O.[Ca+2].[H-].[H-]. The summed E-state index contributed by atoms with van der Waals surface area (Å²) >= 11 is -3.29. The van der Waals surface area contributed by atoms with Crippen molar-refractivity contribution in [3.05, 3.63) is 0 Å². The molecule has 0 unspecified atom stereocenters. The maximum Gasteiger partial charge on any atom is 2.00 e. The van der Waals surface area contributed by atoms with Gasteiger partial charge in [-0.1, -0.05) is 0 Å². The second-order valence-electron chi connectivity index (χ2n) is 0.231. The van der Waals surface area contributed by atoms with E-state index in [0.29, 0.717) is 0 Å². The molecular weight excluding hydrogens is 167 g/mol. The van der Waals surface area contributed by atoms with Crippen molar-refractivity contribution in [1.82, 2.24) is 0 Å². The monoisotopic (exact) mass is 172 g/mol. The van der Waals surface area contributed by atoms with Crippen LogP contribution in [0.4, 0.5) is 0 Å². The Morgan fingerprint density at radius 1 is 1.60 bits per heavy atom. The van der Waals surface area contributed by atoms with Gasteiger partial charge in [0.2, 0.25) is 0 Å². The zero-order chi connectivity index (χ0) is 3.58. The summed E-state index contributed by atoms with van der Waals surface area (Å²) < 4.78 is 23.1. The van der Waals surface area contributed by atoms with Crippen LogP contribution < -0.4 is 0 Å². The fourth-order valence-corrected chi connectivity index (χ4v) is 0. The van der Waals surface area contributed by atoms with Crippen LogP contribution >= 0.6 is 0 Å². The quantitative estimate of drug-likeness (QED) is 0.424. The van der Waals surface area contributed by atoms with Crippen molar-refractivity contribution in [1.29, 1.82) is 0 Å². The third kappa shape index (κ3) is 30.0. The van der Waals surface area contributed by atoms with Gasteiger partial charge in [-0.3, -0.25) is 0 Å². The zero-order valence-corrected chi connectivity index (χ0v) is 6.34. The molecule has 0 aromatic heterocycles. The summed E-state index contributed by atoms with van der Waals surface area (Å²) in [4.78, 5) is 0. The van der Waals surface area contributed by atoms with Gasteiger partial charge in [-0.25, -0.2) is 0 Å². The van der Waals surface area contributed by atoms with E-state index in [4.69, 9.17) is 12.2 Å². The van der Waals surface area contributed by atoms with Gasteiger partial charge in [0.1, 0.15) is 0 Å². The van der Waals surface area contributed by atoms with Crippen molar-refractivity contribution >= 4 is 52.2 Å². The molecule has 0 aromatic carbocycles. The van der Waals surface area contributed by atoms with Crippen molar-refractivity contribution in [3.63, 3.8) is 0 Å². The van der Waals surface area contributed by atoms with Crippen molar-refractivity contribution in [3.8, 4) is 0 Å². The van der Waals surface area contributed by atoms with Crippen molar-refractivity contribution in [2.45, 2.75) is 0 Å². The molecule has 0 heterocycles. The van der Waals surface area contributed by atoms with Crippen LogP contribution in [0.5, 0.6) is 0 Å². The van der Waals surface area contributed by atoms with E-state index in [-0.39, 0.29) is 40.6 Å². The van der Waals surface area contributed by atoms with Crippen molar-refractivity contribution in [2.75, 3.05) is 0 Å². The summed E-state index contributed by atoms with van der Waals surface area (Å²) in [6.45, 7) is 0. The van der Waals surface area contributed by atoms with Gasteiger partial charge in [-0.2, -0.15) is 0 Å². The number of rotatable bonds is 0. The van der Waals surface area contributed by atoms with E-state index < -0.39 is 14.5 Å². The number of hydrogen-bond donors (Lipinski definition) is 2. The van der Waals surface area contributed by atoms with Crippen LogP contribution in [-0.2, 0) is 3.83 Å². The number of hydrogen-bond acceptors (Lipinski definition) is 1. The normalized spacial score (nSPS) is 7.00. The van der Waals surface area contributed by atoms with E-state index in [1.54, 1.807) is 0 Å². The molecule has 0 radical (unpaired) electrons. The first kappa shape index (κ1) is 9.71. The molecule has 0 rings (SSSR count). The molecule has 0 aliphatic heterocycles. The van der Waals surface area contributed by atoms with E-state index in [0.717, 1.165) is 0 Å². The summed E-state index contributed by atoms with van der Waals surface area (Å²) in [5.74, 6) is 0. The minimum absolute atomic E-state index is 0. The first-order valence-corrected chi connectivity index (χ1v) is 2.76. The Morgan fingerprint density at radius 3 is 1.60 bits per heavy atom. The van der Waals surface area contributed by atoms with Gasteiger partial charge >= 0.3 is 64.4 Å². The van der Waals surface area contributed by atoms with E-state index in [9.17, 15) is 0 Å². The second-order valence-corrected chi connectivity index (χ2v) is 1.20. The fourth-order valence-electron chi connectivity index (χ4n) is 0. The smallest absolute Gasteiger partial charge is 1.00 e. The van der Waals surface area contributed by atoms with E-state index in [1.165, 1.54) is 0 Å². The minimum Gasteiger partial charge on any atom is -1.00 e. The summed E-state index contributed by atoms with van der Waals surface area (Å²) in [7, 11) is 0. The molecule has 5 heavy (non-hydrogen) atoms. The summed E-state index contributed by atoms with van der Waals surface area (Å²) in [6.07, 6.45) is 0. The molecule has 0 spiro atoms. The molecular formula is H4CaO3Se. The molecule has 5 heteroatoms. The molecule has 0 atom stereocenters. The van der Waals surface area contributed by atoms with Gasteiger partial charge in [0.05, 0.1) is 0 Å². The maximum atomic E-state index is 8.76. The van der Waals surface area contributed by atoms with Crippen LogP contribution in [0.1, 0.15) is 2.85 Å². The molecule has 0 aliphatic rings. The van der Waals surface area contributed by atoms with Crippen LogP contribution in [0.15, 0.2) is 0 Å². The largest absolute Gasteiger partial charge is 2.00 e. The van der Waals surface area contributed by atoms with E-state index in [2.05, 4.69) is 0 Å². The van der Waals surface area contributed by atoms with Crippen LogP contribution in [0.3, 0.4) is 0 Å². The predicted molar refractivity (Wildman–Crippen MR) is 18.9 cm³/mol. The van der Waals surface area contributed by atoms with Gasteiger partial charge in [0.25, 0.3) is 0 Å². The molecule has 0 saturated heterocycles. The van der Waals surface area contributed by atoms with Crippen LogP contribution in [0, 0.1) is 0 Å². The Kier molecular flexibility index (Phi) is 10.7. The Balaban J connectivity index is -0.0000000150. The van der Waals surface area contributed by atoms with Gasteiger partial charge in [0.15, 0.2) is 0 Å². The maximum absolute atomic E-state index is 8.76. The molecule has 0 aliphatic carbocycles. The molecule has 0 saturated carbocycles. The third-order valence-electron chi connectivity index (χ3n) is 0. The van der Waals surface area contributed by atoms with E-state index >= 15 is 0 Å². The molecule has 0 amide bonds. The zero-order valence-electron chi connectivity index (χ0n) is 4.42. The molecule has 2 N–H and O–H groups in total. The topological polar surface area (TPSA) is 57.5 Å². The van der Waals surface area contributed by atoms with Gasteiger partial charge in [-0.15, -0.1) is 0 Å². The van der Waals surface area contributed by atoms with E-state index in [1.807, 2.05) is 0 Å². The molecule has 0 aromatic rings. The molecule has 30 valence electrons. The standard InChI is InChI=1S/Ca.H2O3Se.2H/c;1-4(2)3;;/h;(H2,1,2,3);;/q+2;;2*-1. The first-order chi connectivity index (χ1) is 1.73. The van der Waals surface area contributed by atoms with Crippen LogP contribution in [-0.4, -0.2) is 60.6 Å². The second kappa shape index (κ2) is 5.50. The first-order valence-electron chi connectivity index (χ1n) is 0.532. The third-order valence-corrected chi connectivity index (χ3v) is 0. The van der Waals surface area contributed by atoms with Gasteiger partial charge in [0, 0.05) is 0 Å². The van der Waals surface area contributed by atoms with Crippen molar-refractivity contribution in [2.24, 2.45) is 0 Å². The summed E-state index contributed by atoms with van der Waals surface area (Å²) in [6, 6.07) is 0. The summed E-state index contributed by atoms with van der Waals surface area (Å²) in [5.41, 5.74) is 0. The predicted octanol–water partition coefficient (Wildman–Crippen LogP) is -1.77. The van der Waals surface area contributed by atoms with Gasteiger partial charge in [-0.05, 0) is 0 Å². The minimum atomic E-state index is -3.29. The Labute approximate surface area is 66.7 Å². The Bertz CT molecular complexity index is 35.9. The van der Waals surface area contributed by atoms with Crippen LogP contribution in [0.25, 0.3) is 0 Å². The van der Waals surface area contributed by atoms with Gasteiger partial charge < -0.3 is 2.85 Å². The molecule has 3 nitrogen and oxygen atoms in total. The van der Waals surface area contributed by atoms with Crippen LogP contribution in [0.2, 0.25) is 0 Å². The average molecular weight is 171 g/mol. The fraction of sp³-hybridized carbons (Fsp3) is 0.